The summed E-state index contributed by atoms with van der Waals surface area (Å²) in [6.07, 6.45) is 4.42. The van der Waals surface area contributed by atoms with E-state index >= 15 is 0 Å². The molecule has 0 saturated heterocycles. The molecule has 0 radical (unpaired) electrons. The van der Waals surface area contributed by atoms with Crippen molar-refractivity contribution in [3.8, 4) is 0 Å². The fraction of sp³-hybridized carbons (Fsp3) is 0.0980. The zero-order valence-corrected chi connectivity index (χ0v) is 30.0. The number of para-hydroxylation sites is 3. The zero-order chi connectivity index (χ0) is 35.6. The van der Waals surface area contributed by atoms with Gasteiger partial charge in [-0.15, -0.1) is 0 Å². The number of rotatable bonds is 6. The van der Waals surface area contributed by atoms with Gasteiger partial charge in [-0.2, -0.15) is 0 Å². The molecule has 0 bridgehead atoms. The number of benzene rings is 8. The molecule has 0 saturated carbocycles. The molecule has 9 aromatic rings. The lowest BCUT2D eigenvalue weighted by Gasteiger charge is -2.31. The highest BCUT2D eigenvalue weighted by Gasteiger charge is 2.45. The van der Waals surface area contributed by atoms with Gasteiger partial charge in [0.2, 0.25) is 0 Å². The van der Waals surface area contributed by atoms with Crippen LogP contribution in [0.1, 0.15) is 35.1 Å². The van der Waals surface area contributed by atoms with Gasteiger partial charge < -0.3 is 14.2 Å². The Morgan fingerprint density at radius 3 is 1.54 bits per heavy atom. The molecule has 0 fully saturated rings. The van der Waals surface area contributed by atoms with Gasteiger partial charge in [-0.25, -0.2) is 0 Å². The normalized spacial score (nSPS) is 15.9. The Morgan fingerprint density at radius 2 is 0.870 bits per heavy atom. The van der Waals surface area contributed by atoms with Crippen LogP contribution in [0.15, 0.2) is 186 Å². The summed E-state index contributed by atoms with van der Waals surface area (Å²) in [5.41, 5.74) is 14.6. The number of anilines is 6. The van der Waals surface area contributed by atoms with Gasteiger partial charge in [-0.3, -0.25) is 0 Å². The van der Waals surface area contributed by atoms with E-state index in [1.54, 1.807) is 0 Å². The molecule has 2 aliphatic rings. The minimum Gasteiger partial charge on any atom is -0.456 e. The van der Waals surface area contributed by atoms with Gasteiger partial charge in [0.05, 0.1) is 0 Å². The Morgan fingerprint density at radius 1 is 0.370 bits per heavy atom. The van der Waals surface area contributed by atoms with Crippen molar-refractivity contribution >= 4 is 66.8 Å². The molecule has 1 atom stereocenters. The molecule has 1 spiro atoms. The number of hydrogen-bond donors (Lipinski definition) is 0. The van der Waals surface area contributed by atoms with E-state index in [0.717, 1.165) is 64.7 Å². The van der Waals surface area contributed by atoms with Gasteiger partial charge >= 0.3 is 0 Å². The van der Waals surface area contributed by atoms with Crippen molar-refractivity contribution in [1.29, 1.82) is 0 Å². The van der Waals surface area contributed by atoms with Crippen molar-refractivity contribution in [3.63, 3.8) is 0 Å². The number of furan rings is 1. The third-order valence-corrected chi connectivity index (χ3v) is 12.0. The molecule has 1 heterocycles. The quantitative estimate of drug-likeness (QED) is 0.173. The number of aryl methyl sites for hydroxylation is 2. The molecular weight excluding hydrogens is 657 g/mol. The van der Waals surface area contributed by atoms with E-state index < -0.39 is 0 Å². The van der Waals surface area contributed by atoms with Crippen LogP contribution < -0.4 is 9.80 Å². The molecule has 3 heteroatoms. The Labute approximate surface area is 315 Å². The largest absolute Gasteiger partial charge is 0.456 e. The second-order valence-electron chi connectivity index (χ2n) is 14.9. The van der Waals surface area contributed by atoms with Crippen LogP contribution in [0, 0.1) is 0 Å². The fourth-order valence-corrected chi connectivity index (χ4v) is 9.46. The van der Waals surface area contributed by atoms with Crippen LogP contribution in [-0.2, 0) is 18.3 Å². The van der Waals surface area contributed by atoms with Gasteiger partial charge in [0.1, 0.15) is 11.2 Å². The maximum atomic E-state index is 6.39. The second kappa shape index (κ2) is 12.2. The van der Waals surface area contributed by atoms with Crippen LogP contribution in [0.5, 0.6) is 0 Å². The Bertz CT molecular complexity index is 2850. The van der Waals surface area contributed by atoms with Crippen molar-refractivity contribution < 1.29 is 4.42 Å². The van der Waals surface area contributed by atoms with Gasteiger partial charge in [-0.1, -0.05) is 97.1 Å². The van der Waals surface area contributed by atoms with E-state index in [0.29, 0.717) is 0 Å². The molecule has 0 N–H and O–H groups in total. The highest BCUT2D eigenvalue weighted by atomic mass is 16.3. The topological polar surface area (TPSA) is 19.6 Å². The highest BCUT2D eigenvalue weighted by Crippen LogP contribution is 2.55. The Kier molecular flexibility index (Phi) is 7.03. The zero-order valence-electron chi connectivity index (χ0n) is 30.0. The summed E-state index contributed by atoms with van der Waals surface area (Å²) < 4.78 is 6.39. The third kappa shape index (κ3) is 4.89. The summed E-state index contributed by atoms with van der Waals surface area (Å²) in [5, 5.41) is 4.79. The van der Waals surface area contributed by atoms with Gasteiger partial charge in [-0.05, 0) is 138 Å². The molecule has 1 aromatic heterocycles. The highest BCUT2D eigenvalue weighted by molar-refractivity contribution is 6.06. The molecule has 0 unspecified atom stereocenters. The maximum absolute atomic E-state index is 6.39. The number of hydrogen-bond acceptors (Lipinski definition) is 3. The molecule has 11 rings (SSSR count). The lowest BCUT2D eigenvalue weighted by atomic mass is 9.76. The molecule has 2 aliphatic carbocycles. The number of nitrogens with zero attached hydrogens (tertiary/aromatic N) is 2. The average Bonchev–Trinajstić information content (AvgIpc) is 3.92. The van der Waals surface area contributed by atoms with Crippen molar-refractivity contribution in [2.75, 3.05) is 9.80 Å². The Balaban J connectivity index is 1.04. The first-order valence-electron chi connectivity index (χ1n) is 19.1. The molecule has 54 heavy (non-hydrogen) atoms. The minimum absolute atomic E-state index is 0.0342. The minimum atomic E-state index is -0.0342. The van der Waals surface area contributed by atoms with Crippen molar-refractivity contribution in [3.05, 3.63) is 204 Å². The van der Waals surface area contributed by atoms with E-state index in [9.17, 15) is 0 Å². The smallest absolute Gasteiger partial charge is 0.137 e. The van der Waals surface area contributed by atoms with Gasteiger partial charge in [0.25, 0.3) is 0 Å². The molecule has 8 aromatic carbocycles. The molecular formula is C51H38N2O. The van der Waals surface area contributed by atoms with Crippen LogP contribution in [0.4, 0.5) is 34.1 Å². The van der Waals surface area contributed by atoms with Crippen LogP contribution in [0.25, 0.3) is 32.7 Å². The van der Waals surface area contributed by atoms with Crippen molar-refractivity contribution in [1.82, 2.24) is 0 Å². The van der Waals surface area contributed by atoms with Gasteiger partial charge in [0.15, 0.2) is 0 Å². The summed E-state index contributed by atoms with van der Waals surface area (Å²) in [6, 6.07) is 66.4. The maximum Gasteiger partial charge on any atom is 0.137 e. The van der Waals surface area contributed by atoms with E-state index in [2.05, 4.69) is 186 Å². The first-order chi connectivity index (χ1) is 26.7. The molecule has 3 nitrogen and oxygen atoms in total. The SMILES string of the molecule is c1ccc(N(c2ccc3c(c2)[C@@]2(CC3)CCc3ccc(N(c4ccccc4)c4ccc5c(c4)oc4ccccc45)cc32)c2ccc3ccccc3c2)cc1. The van der Waals surface area contributed by atoms with E-state index in [1.807, 2.05) is 6.07 Å². The number of fused-ring (bicyclic) bond motifs is 8. The van der Waals surface area contributed by atoms with Crippen molar-refractivity contribution in [2.24, 2.45) is 0 Å². The third-order valence-electron chi connectivity index (χ3n) is 12.0. The predicted octanol–water partition coefficient (Wildman–Crippen LogP) is 13.9. The molecule has 258 valence electrons. The lowest BCUT2D eigenvalue weighted by molar-refractivity contribution is 0.507. The monoisotopic (exact) mass is 694 g/mol. The first kappa shape index (κ1) is 31.0. The summed E-state index contributed by atoms with van der Waals surface area (Å²) >= 11 is 0. The van der Waals surface area contributed by atoms with Crippen LogP contribution in [-0.4, -0.2) is 0 Å². The van der Waals surface area contributed by atoms with Gasteiger partial charge in [0, 0.05) is 56.4 Å². The summed E-state index contributed by atoms with van der Waals surface area (Å²) in [6.45, 7) is 0. The second-order valence-corrected chi connectivity index (χ2v) is 14.9. The summed E-state index contributed by atoms with van der Waals surface area (Å²) in [4.78, 5) is 4.82. The first-order valence-corrected chi connectivity index (χ1v) is 19.1. The van der Waals surface area contributed by atoms with Crippen LogP contribution in [0.2, 0.25) is 0 Å². The van der Waals surface area contributed by atoms with Crippen LogP contribution in [0.3, 0.4) is 0 Å². The predicted molar refractivity (Wildman–Crippen MR) is 224 cm³/mol. The molecule has 0 amide bonds. The van der Waals surface area contributed by atoms with E-state index in [-0.39, 0.29) is 5.41 Å². The lowest BCUT2D eigenvalue weighted by Crippen LogP contribution is -2.22. The van der Waals surface area contributed by atoms with Crippen LogP contribution >= 0.6 is 0 Å². The average molecular weight is 695 g/mol. The fourth-order valence-electron chi connectivity index (χ4n) is 9.46. The standard InChI is InChI=1S/C51H38N2O/c1-3-13-39(14-4-1)52(41-22-19-35-11-7-8-12-38(35)31-41)42-23-20-36-27-29-51(47(36)32-42)30-28-37-21-24-43(33-48(37)51)53(40-15-5-2-6-16-40)44-25-26-46-45-17-9-10-18-49(45)54-50(46)34-44/h1-26,31-34H,27-30H2/t51-/m1/s1. The summed E-state index contributed by atoms with van der Waals surface area (Å²) in [5.74, 6) is 0. The van der Waals surface area contributed by atoms with Crippen molar-refractivity contribution in [2.45, 2.75) is 31.1 Å². The molecule has 0 aliphatic heterocycles. The Hall–Kier alpha value is -6.58. The van der Waals surface area contributed by atoms with E-state index in [1.165, 1.54) is 50.1 Å². The summed E-state index contributed by atoms with van der Waals surface area (Å²) in [7, 11) is 0. The van der Waals surface area contributed by atoms with E-state index in [4.69, 9.17) is 4.42 Å².